The quantitative estimate of drug-likeness (QED) is 0.639. The molecule has 1 aromatic heterocycles. The number of hydrogen-bond donors (Lipinski definition) is 0. The van der Waals surface area contributed by atoms with Crippen molar-refractivity contribution in [1.82, 2.24) is 14.2 Å². The summed E-state index contributed by atoms with van der Waals surface area (Å²) in [6.07, 6.45) is -4.15. The number of amides is 1. The summed E-state index contributed by atoms with van der Waals surface area (Å²) in [5.41, 5.74) is -0.527. The van der Waals surface area contributed by atoms with E-state index in [0.29, 0.717) is 24.8 Å². The number of ether oxygens (including phenoxy) is 1. The van der Waals surface area contributed by atoms with E-state index in [1.54, 1.807) is 13.8 Å². The first-order valence-corrected chi connectivity index (χ1v) is 11.1. The van der Waals surface area contributed by atoms with Crippen molar-refractivity contribution in [2.24, 2.45) is 0 Å². The number of benzene rings is 1. The molecule has 31 heavy (non-hydrogen) atoms. The number of alkyl halides is 3. The van der Waals surface area contributed by atoms with Crippen molar-refractivity contribution in [3.05, 3.63) is 53.7 Å². The third-order valence-corrected chi connectivity index (χ3v) is 6.99. The molecule has 1 fully saturated rings. The highest BCUT2D eigenvalue weighted by Gasteiger charge is 2.34. The van der Waals surface area contributed by atoms with Gasteiger partial charge >= 0.3 is 6.18 Å². The molecule has 1 amide bonds. The minimum atomic E-state index is -4.47. The molecule has 1 aromatic carbocycles. The summed E-state index contributed by atoms with van der Waals surface area (Å²) in [5, 5.41) is 0. The Bertz CT molecular complexity index is 1020. The summed E-state index contributed by atoms with van der Waals surface area (Å²) in [6.45, 7) is 4.70. The standard InChI is InChI=1S/C20H22F3N3O4S/c1-3-26(4-2)31(28,29)17-8-5-14(6-9-17)19(27)25-12-16(13-25)30-18-10-7-15(11-24-18)20(21,22)23/h5-11,16H,3-4,12-13H2,1-2H3. The highest BCUT2D eigenvalue weighted by Crippen LogP contribution is 2.29. The van der Waals surface area contributed by atoms with Crippen LogP contribution in [0.2, 0.25) is 0 Å². The minimum Gasteiger partial charge on any atom is -0.471 e. The fourth-order valence-corrected chi connectivity index (χ4v) is 4.59. The first-order valence-electron chi connectivity index (χ1n) is 9.65. The Morgan fingerprint density at radius 2 is 1.74 bits per heavy atom. The number of carbonyl (C=O) groups excluding carboxylic acids is 1. The monoisotopic (exact) mass is 457 g/mol. The van der Waals surface area contributed by atoms with Gasteiger partial charge in [-0.1, -0.05) is 13.8 Å². The highest BCUT2D eigenvalue weighted by molar-refractivity contribution is 7.89. The van der Waals surface area contributed by atoms with Gasteiger partial charge in [0.05, 0.1) is 23.5 Å². The number of hydrogen-bond acceptors (Lipinski definition) is 5. The molecule has 0 N–H and O–H groups in total. The maximum Gasteiger partial charge on any atom is 0.417 e. The third kappa shape index (κ3) is 4.99. The Hall–Kier alpha value is -2.66. The van der Waals surface area contributed by atoms with Crippen LogP contribution < -0.4 is 4.74 Å². The normalized spacial score (nSPS) is 15.1. The molecule has 11 heteroatoms. The van der Waals surface area contributed by atoms with E-state index in [0.717, 1.165) is 12.1 Å². The van der Waals surface area contributed by atoms with Gasteiger partial charge in [-0.05, 0) is 30.3 Å². The number of likely N-dealkylation sites (tertiary alicyclic amines) is 1. The van der Waals surface area contributed by atoms with E-state index >= 15 is 0 Å². The molecular formula is C20H22F3N3O4S. The summed E-state index contributed by atoms with van der Waals surface area (Å²) in [6, 6.07) is 7.76. The van der Waals surface area contributed by atoms with Crippen LogP contribution in [-0.2, 0) is 16.2 Å². The van der Waals surface area contributed by atoms with Gasteiger partial charge in [0, 0.05) is 30.9 Å². The molecule has 0 unspecified atom stereocenters. The lowest BCUT2D eigenvalue weighted by molar-refractivity contribution is -0.137. The lowest BCUT2D eigenvalue weighted by atomic mass is 10.1. The molecule has 0 saturated carbocycles. The fourth-order valence-electron chi connectivity index (χ4n) is 3.13. The molecule has 1 saturated heterocycles. The smallest absolute Gasteiger partial charge is 0.417 e. The maximum atomic E-state index is 12.6. The van der Waals surface area contributed by atoms with Crippen molar-refractivity contribution in [1.29, 1.82) is 0 Å². The zero-order chi connectivity index (χ0) is 22.8. The zero-order valence-corrected chi connectivity index (χ0v) is 17.8. The van der Waals surface area contributed by atoms with Gasteiger partial charge in [0.2, 0.25) is 15.9 Å². The first kappa shape index (κ1) is 23.0. The van der Waals surface area contributed by atoms with Crippen LogP contribution in [0.3, 0.4) is 0 Å². The van der Waals surface area contributed by atoms with Crippen molar-refractivity contribution >= 4 is 15.9 Å². The van der Waals surface area contributed by atoms with Crippen molar-refractivity contribution in [3.63, 3.8) is 0 Å². The highest BCUT2D eigenvalue weighted by atomic mass is 32.2. The predicted octanol–water partition coefficient (Wildman–Crippen LogP) is 3.03. The van der Waals surface area contributed by atoms with Gasteiger partial charge in [-0.15, -0.1) is 0 Å². The van der Waals surface area contributed by atoms with E-state index in [2.05, 4.69) is 4.98 Å². The van der Waals surface area contributed by atoms with E-state index < -0.39 is 21.8 Å². The van der Waals surface area contributed by atoms with Gasteiger partial charge in [-0.3, -0.25) is 4.79 Å². The van der Waals surface area contributed by atoms with Gasteiger partial charge < -0.3 is 9.64 Å². The molecule has 0 atom stereocenters. The molecular weight excluding hydrogens is 435 g/mol. The van der Waals surface area contributed by atoms with Crippen molar-refractivity contribution in [2.75, 3.05) is 26.2 Å². The van der Waals surface area contributed by atoms with Crippen LogP contribution in [0.25, 0.3) is 0 Å². The second kappa shape index (κ2) is 8.83. The summed E-state index contributed by atoms with van der Waals surface area (Å²) in [7, 11) is -3.60. The SMILES string of the molecule is CCN(CC)S(=O)(=O)c1ccc(C(=O)N2CC(Oc3ccc(C(F)(F)F)cn3)C2)cc1. The number of rotatable bonds is 7. The fraction of sp³-hybridized carbons (Fsp3) is 0.400. The molecule has 2 heterocycles. The number of carbonyl (C=O) groups is 1. The minimum absolute atomic E-state index is 0.0519. The second-order valence-electron chi connectivity index (χ2n) is 6.95. The Morgan fingerprint density at radius 1 is 1.13 bits per heavy atom. The number of nitrogens with zero attached hydrogens (tertiary/aromatic N) is 3. The molecule has 1 aliphatic rings. The predicted molar refractivity (Wildman–Crippen MR) is 106 cm³/mol. The van der Waals surface area contributed by atoms with Gasteiger partial charge in [0.25, 0.3) is 5.91 Å². The molecule has 3 rings (SSSR count). The van der Waals surface area contributed by atoms with Crippen molar-refractivity contribution < 1.29 is 31.1 Å². The average Bonchev–Trinajstić information content (AvgIpc) is 2.70. The number of sulfonamides is 1. The topological polar surface area (TPSA) is 79.8 Å². The Kier molecular flexibility index (Phi) is 6.56. The summed E-state index contributed by atoms with van der Waals surface area (Å²) in [4.78, 5) is 17.8. The number of pyridine rings is 1. The zero-order valence-electron chi connectivity index (χ0n) is 17.0. The molecule has 0 bridgehead atoms. The van der Waals surface area contributed by atoms with Crippen molar-refractivity contribution in [2.45, 2.75) is 31.0 Å². The van der Waals surface area contributed by atoms with E-state index in [4.69, 9.17) is 4.74 Å². The molecule has 0 radical (unpaired) electrons. The Balaban J connectivity index is 1.57. The largest absolute Gasteiger partial charge is 0.471 e. The van der Waals surface area contributed by atoms with Crippen LogP contribution in [0.15, 0.2) is 47.5 Å². The van der Waals surface area contributed by atoms with Gasteiger partial charge in [0.15, 0.2) is 0 Å². The van der Waals surface area contributed by atoms with Crippen LogP contribution in [0, 0.1) is 0 Å². The molecule has 1 aliphatic heterocycles. The van der Waals surface area contributed by atoms with Gasteiger partial charge in [0.1, 0.15) is 6.10 Å². The number of halogens is 3. The molecule has 168 valence electrons. The summed E-state index contributed by atoms with van der Waals surface area (Å²) < 4.78 is 69.5. The lowest BCUT2D eigenvalue weighted by Crippen LogP contribution is -2.56. The van der Waals surface area contributed by atoms with Gasteiger partial charge in [-0.2, -0.15) is 17.5 Å². The average molecular weight is 457 g/mol. The van der Waals surface area contributed by atoms with Crippen LogP contribution >= 0.6 is 0 Å². The maximum absolute atomic E-state index is 12.6. The summed E-state index contributed by atoms with van der Waals surface area (Å²) >= 11 is 0. The van der Waals surface area contributed by atoms with Crippen LogP contribution in [0.4, 0.5) is 13.2 Å². The van der Waals surface area contributed by atoms with Crippen LogP contribution in [-0.4, -0.2) is 60.8 Å². The van der Waals surface area contributed by atoms with Crippen LogP contribution in [0.5, 0.6) is 5.88 Å². The van der Waals surface area contributed by atoms with E-state index in [-0.39, 0.29) is 35.9 Å². The first-order chi connectivity index (χ1) is 14.6. The molecule has 0 aliphatic carbocycles. The lowest BCUT2D eigenvalue weighted by Gasteiger charge is -2.38. The number of aromatic nitrogens is 1. The Morgan fingerprint density at radius 3 is 2.23 bits per heavy atom. The molecule has 7 nitrogen and oxygen atoms in total. The van der Waals surface area contributed by atoms with E-state index in [1.807, 2.05) is 0 Å². The Labute approximate surface area is 178 Å². The van der Waals surface area contributed by atoms with E-state index in [9.17, 15) is 26.4 Å². The van der Waals surface area contributed by atoms with Gasteiger partial charge in [-0.25, -0.2) is 13.4 Å². The molecule has 2 aromatic rings. The van der Waals surface area contributed by atoms with Crippen LogP contribution in [0.1, 0.15) is 29.8 Å². The van der Waals surface area contributed by atoms with E-state index in [1.165, 1.54) is 33.5 Å². The third-order valence-electron chi connectivity index (χ3n) is 4.93. The molecule has 0 spiro atoms. The van der Waals surface area contributed by atoms with Crippen molar-refractivity contribution in [3.8, 4) is 5.88 Å². The summed E-state index contributed by atoms with van der Waals surface area (Å²) in [5.74, 6) is -0.233. The second-order valence-corrected chi connectivity index (χ2v) is 8.88.